The highest BCUT2D eigenvalue weighted by Gasteiger charge is 2.38. The zero-order valence-corrected chi connectivity index (χ0v) is 20.3. The summed E-state index contributed by atoms with van der Waals surface area (Å²) in [6.45, 7) is 2.45. The first kappa shape index (κ1) is 23.2. The number of ketones is 1. The number of carbonyl (C=O) groups is 1. The van der Waals surface area contributed by atoms with Crippen molar-refractivity contribution in [2.45, 2.75) is 31.7 Å². The summed E-state index contributed by atoms with van der Waals surface area (Å²) in [6.07, 6.45) is 0.870. The first-order chi connectivity index (χ1) is 17.0. The number of allylic oxidation sites excluding steroid dienone is 1. The highest BCUT2D eigenvalue weighted by molar-refractivity contribution is 6.31. The van der Waals surface area contributed by atoms with Crippen molar-refractivity contribution in [1.29, 1.82) is 0 Å². The maximum absolute atomic E-state index is 15.1. The molecule has 3 aromatic carbocycles. The number of halogens is 2. The van der Waals surface area contributed by atoms with E-state index >= 15 is 4.39 Å². The van der Waals surface area contributed by atoms with Crippen LogP contribution in [0.4, 0.5) is 15.8 Å². The van der Waals surface area contributed by atoms with Gasteiger partial charge in [-0.05, 0) is 61.2 Å². The van der Waals surface area contributed by atoms with Crippen LogP contribution in [0, 0.1) is 5.82 Å². The van der Waals surface area contributed by atoms with E-state index in [9.17, 15) is 4.79 Å². The number of nitrogens with one attached hydrogen (secondary N) is 2. The maximum Gasteiger partial charge on any atom is 0.163 e. The van der Waals surface area contributed by atoms with Gasteiger partial charge in [0.15, 0.2) is 17.3 Å². The number of rotatable bonds is 5. The minimum absolute atomic E-state index is 0.0544. The van der Waals surface area contributed by atoms with Gasteiger partial charge in [-0.25, -0.2) is 4.39 Å². The number of ether oxygens (including phenoxy) is 2. The lowest BCUT2D eigenvalue weighted by molar-refractivity contribution is -0.116. The summed E-state index contributed by atoms with van der Waals surface area (Å²) in [6, 6.07) is 17.3. The smallest absolute Gasteiger partial charge is 0.163 e. The molecule has 180 valence electrons. The molecule has 1 heterocycles. The van der Waals surface area contributed by atoms with Crippen LogP contribution < -0.4 is 20.1 Å². The first-order valence-electron chi connectivity index (χ1n) is 11.6. The predicted molar refractivity (Wildman–Crippen MR) is 136 cm³/mol. The van der Waals surface area contributed by atoms with Crippen LogP contribution in [0.3, 0.4) is 0 Å². The molecule has 0 bridgehead atoms. The Kier molecular flexibility index (Phi) is 6.39. The molecule has 0 fully saturated rings. The average Bonchev–Trinajstić information content (AvgIpc) is 3.01. The molecular formula is C28H26ClFN2O3. The number of fused-ring (bicyclic) bond motifs is 1. The van der Waals surface area contributed by atoms with Gasteiger partial charge < -0.3 is 20.1 Å². The van der Waals surface area contributed by atoms with E-state index in [0.29, 0.717) is 30.1 Å². The van der Waals surface area contributed by atoms with Gasteiger partial charge in [-0.15, -0.1) is 0 Å². The van der Waals surface area contributed by atoms with Crippen LogP contribution in [0.15, 0.2) is 71.9 Å². The van der Waals surface area contributed by atoms with Crippen LogP contribution in [0.2, 0.25) is 5.02 Å². The number of carbonyl (C=O) groups excluding carboxylic acids is 1. The quantitative estimate of drug-likeness (QED) is 0.407. The number of benzene rings is 3. The molecule has 3 aromatic rings. The van der Waals surface area contributed by atoms with Crippen LogP contribution in [-0.2, 0) is 4.79 Å². The van der Waals surface area contributed by atoms with E-state index in [1.54, 1.807) is 19.2 Å². The molecule has 1 aliphatic heterocycles. The van der Waals surface area contributed by atoms with Crippen molar-refractivity contribution in [3.63, 3.8) is 0 Å². The van der Waals surface area contributed by atoms with Gasteiger partial charge in [-0.3, -0.25) is 4.79 Å². The molecule has 0 unspecified atom stereocenters. The Morgan fingerprint density at radius 1 is 1.03 bits per heavy atom. The number of hydrogen-bond donors (Lipinski definition) is 2. The fraction of sp³-hybridized carbons (Fsp3) is 0.250. The topological polar surface area (TPSA) is 59.6 Å². The molecule has 35 heavy (non-hydrogen) atoms. The van der Waals surface area contributed by atoms with Gasteiger partial charge in [0, 0.05) is 28.3 Å². The summed E-state index contributed by atoms with van der Waals surface area (Å²) in [5, 5.41) is 7.12. The summed E-state index contributed by atoms with van der Waals surface area (Å²) in [7, 11) is 1.60. The molecule has 2 atom stereocenters. The van der Waals surface area contributed by atoms with Gasteiger partial charge in [-0.1, -0.05) is 35.9 Å². The van der Waals surface area contributed by atoms with Crippen LogP contribution in [0.1, 0.15) is 42.9 Å². The van der Waals surface area contributed by atoms with Gasteiger partial charge in [0.25, 0.3) is 0 Å². The number of hydrogen-bond acceptors (Lipinski definition) is 5. The van der Waals surface area contributed by atoms with Crippen molar-refractivity contribution in [3.8, 4) is 11.5 Å². The molecular weight excluding hydrogens is 467 g/mol. The Bertz CT molecular complexity index is 1300. The molecule has 2 aliphatic rings. The largest absolute Gasteiger partial charge is 0.493 e. The van der Waals surface area contributed by atoms with Gasteiger partial charge in [0.1, 0.15) is 5.82 Å². The summed E-state index contributed by atoms with van der Waals surface area (Å²) >= 11 is 6.46. The highest BCUT2D eigenvalue weighted by Crippen LogP contribution is 2.46. The lowest BCUT2D eigenvalue weighted by Gasteiger charge is -2.30. The van der Waals surface area contributed by atoms with Crippen molar-refractivity contribution in [1.82, 2.24) is 0 Å². The molecule has 0 amide bonds. The molecule has 0 saturated heterocycles. The third kappa shape index (κ3) is 4.34. The number of para-hydroxylation sites is 2. The van der Waals surface area contributed by atoms with E-state index in [4.69, 9.17) is 21.1 Å². The second-order valence-corrected chi connectivity index (χ2v) is 9.05. The summed E-state index contributed by atoms with van der Waals surface area (Å²) in [5.74, 6) is 0.725. The molecule has 2 N–H and O–H groups in total. The molecule has 1 aliphatic carbocycles. The minimum Gasteiger partial charge on any atom is -0.493 e. The lowest BCUT2D eigenvalue weighted by atomic mass is 9.78. The summed E-state index contributed by atoms with van der Waals surface area (Å²) < 4.78 is 26.2. The lowest BCUT2D eigenvalue weighted by Crippen LogP contribution is -2.27. The molecule has 5 nitrogen and oxygen atoms in total. The number of anilines is 2. The fourth-order valence-corrected chi connectivity index (χ4v) is 5.22. The van der Waals surface area contributed by atoms with Gasteiger partial charge in [0.05, 0.1) is 31.1 Å². The Morgan fingerprint density at radius 2 is 1.83 bits per heavy atom. The fourth-order valence-electron chi connectivity index (χ4n) is 4.94. The number of Topliss-reactive ketones (excluding diaryl/α,β-unsaturated/α-hetero) is 1. The summed E-state index contributed by atoms with van der Waals surface area (Å²) in [5.41, 5.74) is 4.14. The zero-order valence-electron chi connectivity index (χ0n) is 19.5. The zero-order chi connectivity index (χ0) is 24.5. The van der Waals surface area contributed by atoms with E-state index in [1.807, 2.05) is 49.4 Å². The van der Waals surface area contributed by atoms with Crippen molar-refractivity contribution in [2.75, 3.05) is 24.4 Å². The van der Waals surface area contributed by atoms with Crippen molar-refractivity contribution in [2.24, 2.45) is 0 Å². The molecule has 0 saturated carbocycles. The van der Waals surface area contributed by atoms with Gasteiger partial charge in [0.2, 0.25) is 0 Å². The van der Waals surface area contributed by atoms with Crippen molar-refractivity contribution in [3.05, 3.63) is 93.9 Å². The van der Waals surface area contributed by atoms with Crippen molar-refractivity contribution < 1.29 is 18.7 Å². The van der Waals surface area contributed by atoms with Crippen LogP contribution in [0.25, 0.3) is 0 Å². The molecule has 0 aromatic heterocycles. The molecule has 7 heteroatoms. The second kappa shape index (κ2) is 9.62. The molecule has 0 radical (unpaired) electrons. The maximum atomic E-state index is 15.1. The third-order valence-corrected chi connectivity index (χ3v) is 6.89. The number of methoxy groups -OCH3 is 1. The first-order valence-corrected chi connectivity index (χ1v) is 12.0. The Hall–Kier alpha value is -3.51. The van der Waals surface area contributed by atoms with E-state index in [2.05, 4.69) is 10.6 Å². The molecule has 5 rings (SSSR count). The second-order valence-electron chi connectivity index (χ2n) is 8.65. The Balaban J connectivity index is 1.59. The van der Waals surface area contributed by atoms with Crippen LogP contribution in [0.5, 0.6) is 11.5 Å². The average molecular weight is 493 g/mol. The van der Waals surface area contributed by atoms with E-state index in [-0.39, 0.29) is 28.7 Å². The van der Waals surface area contributed by atoms with Crippen LogP contribution in [-0.4, -0.2) is 19.5 Å². The molecule has 0 spiro atoms. The summed E-state index contributed by atoms with van der Waals surface area (Å²) in [4.78, 5) is 13.7. The highest BCUT2D eigenvalue weighted by atomic mass is 35.5. The Labute approximate surface area is 208 Å². The normalized spacial score (nSPS) is 19.1. The van der Waals surface area contributed by atoms with Crippen LogP contribution >= 0.6 is 11.6 Å². The standard InChI is InChI=1S/C28H26ClFN2O3/c1-3-35-24-12-11-16(15-25(24)34-2)17-13-22-27(23(33)14-17)28(26-18(29)7-6-8-19(26)30)32-21-10-5-4-9-20(21)31-22/h4-12,15,17,28,31-32H,3,13-14H2,1-2H3/t17-,28-/m0/s1. The van der Waals surface area contributed by atoms with E-state index < -0.39 is 11.9 Å². The third-order valence-electron chi connectivity index (χ3n) is 6.56. The van der Waals surface area contributed by atoms with Gasteiger partial charge in [-0.2, -0.15) is 0 Å². The van der Waals surface area contributed by atoms with E-state index in [1.165, 1.54) is 6.07 Å². The minimum atomic E-state index is -0.710. The van der Waals surface area contributed by atoms with Gasteiger partial charge >= 0.3 is 0 Å². The predicted octanol–water partition coefficient (Wildman–Crippen LogP) is 6.87. The Morgan fingerprint density at radius 3 is 2.57 bits per heavy atom. The van der Waals surface area contributed by atoms with Crippen molar-refractivity contribution >= 4 is 28.8 Å². The SMILES string of the molecule is CCOc1ccc([C@@H]2CC(=O)C3=C(C2)Nc2ccccc2N[C@H]3c2c(F)cccc2Cl)cc1OC. The van der Waals surface area contributed by atoms with E-state index in [0.717, 1.165) is 22.6 Å². The monoisotopic (exact) mass is 492 g/mol.